The molecule has 0 fully saturated rings. The molecule has 0 saturated heterocycles. The zero-order chi connectivity index (χ0) is 22.9. The lowest BCUT2D eigenvalue weighted by Crippen LogP contribution is -2.29. The summed E-state index contributed by atoms with van der Waals surface area (Å²) in [5, 5.41) is 1.44. The topological polar surface area (TPSA) is 123 Å². The molecule has 3 N–H and O–H groups in total. The maximum Gasteiger partial charge on any atom is 0.301 e. The summed E-state index contributed by atoms with van der Waals surface area (Å²) in [5.74, 6) is 1.06. The molecule has 2 heterocycles. The summed E-state index contributed by atoms with van der Waals surface area (Å²) in [5.41, 5.74) is 8.29. The van der Waals surface area contributed by atoms with Crippen molar-refractivity contribution >= 4 is 32.6 Å². The summed E-state index contributed by atoms with van der Waals surface area (Å²) in [7, 11) is -0.733. The molecule has 2 aromatic carbocycles. The molecule has 0 aliphatic heterocycles. The monoisotopic (exact) mass is 450 g/mol. The number of hydrogen-bond donors (Lipinski definition) is 2. The number of aromatic nitrogens is 3. The van der Waals surface area contributed by atoms with Crippen molar-refractivity contribution in [1.82, 2.24) is 19.3 Å². The molecule has 4 rings (SSSR count). The van der Waals surface area contributed by atoms with E-state index in [4.69, 9.17) is 10.5 Å². The van der Waals surface area contributed by atoms with Crippen molar-refractivity contribution in [3.8, 4) is 22.9 Å². The first-order chi connectivity index (χ1) is 15.3. The van der Waals surface area contributed by atoms with Crippen molar-refractivity contribution in [2.45, 2.75) is 6.92 Å². The number of nitrogen functional groups attached to an aromatic ring is 1. The lowest BCUT2D eigenvalue weighted by atomic mass is 10.0. The Morgan fingerprint density at radius 3 is 2.53 bits per heavy atom. The number of hydrogen-bond acceptors (Lipinski definition) is 7. The number of aryl methyl sites for hydroxylation is 1. The number of anilines is 2. The molecule has 0 unspecified atom stereocenters. The van der Waals surface area contributed by atoms with Gasteiger partial charge in [0.1, 0.15) is 5.75 Å². The number of nitrogens with two attached hydrogens (primary N) is 1. The lowest BCUT2D eigenvalue weighted by Gasteiger charge is -2.17. The molecule has 10 heteroatoms. The van der Waals surface area contributed by atoms with Gasteiger partial charge in [0.25, 0.3) is 0 Å². The van der Waals surface area contributed by atoms with Crippen LogP contribution in [0, 0.1) is 6.92 Å². The van der Waals surface area contributed by atoms with Crippen LogP contribution in [0.15, 0.2) is 60.9 Å². The predicted molar refractivity (Wildman–Crippen MR) is 125 cm³/mol. The van der Waals surface area contributed by atoms with Gasteiger partial charge in [-0.05, 0) is 36.8 Å². The van der Waals surface area contributed by atoms with E-state index in [1.54, 1.807) is 36.7 Å². The minimum atomic E-state index is -3.67. The number of ether oxygens (including phenoxy) is 1. The molecule has 9 nitrogen and oxygen atoms in total. The largest absolute Gasteiger partial charge is 0.437 e. The van der Waals surface area contributed by atoms with Crippen LogP contribution in [0.4, 0.5) is 11.6 Å². The van der Waals surface area contributed by atoms with E-state index in [-0.39, 0.29) is 5.95 Å². The van der Waals surface area contributed by atoms with E-state index < -0.39 is 10.2 Å². The Balaban J connectivity index is 1.82. The van der Waals surface area contributed by atoms with Gasteiger partial charge in [0.2, 0.25) is 11.8 Å². The van der Waals surface area contributed by atoms with Crippen LogP contribution in [0.25, 0.3) is 22.0 Å². The van der Waals surface area contributed by atoms with Crippen molar-refractivity contribution in [1.29, 1.82) is 0 Å². The van der Waals surface area contributed by atoms with Crippen LogP contribution in [0.1, 0.15) is 5.56 Å². The minimum absolute atomic E-state index is 0.150. The summed E-state index contributed by atoms with van der Waals surface area (Å²) in [6.07, 6.45) is 3.20. The van der Waals surface area contributed by atoms with Gasteiger partial charge in [0, 0.05) is 37.3 Å². The Morgan fingerprint density at radius 2 is 1.78 bits per heavy atom. The van der Waals surface area contributed by atoms with Gasteiger partial charge < -0.3 is 10.5 Å². The van der Waals surface area contributed by atoms with Crippen molar-refractivity contribution in [3.63, 3.8) is 0 Å². The molecule has 0 bridgehead atoms. The van der Waals surface area contributed by atoms with Gasteiger partial charge in [0.05, 0.1) is 16.9 Å². The van der Waals surface area contributed by atoms with Crippen LogP contribution in [0.3, 0.4) is 0 Å². The first kappa shape index (κ1) is 21.5. The first-order valence-corrected chi connectivity index (χ1v) is 11.1. The summed E-state index contributed by atoms with van der Waals surface area (Å²) in [6.45, 7) is 1.91. The second-order valence-electron chi connectivity index (χ2n) is 7.26. The Hall–Kier alpha value is -3.76. The highest BCUT2D eigenvalue weighted by Crippen LogP contribution is 2.38. The average molecular weight is 451 g/mol. The summed E-state index contributed by atoms with van der Waals surface area (Å²) in [4.78, 5) is 12.6. The van der Waals surface area contributed by atoms with Crippen LogP contribution >= 0.6 is 0 Å². The Labute approximate surface area is 186 Å². The highest BCUT2D eigenvalue weighted by atomic mass is 32.2. The number of rotatable bonds is 6. The molecular formula is C22H22N6O3S. The quantitative estimate of drug-likeness (QED) is 0.460. The smallest absolute Gasteiger partial charge is 0.301 e. The van der Waals surface area contributed by atoms with Crippen LogP contribution < -0.4 is 15.2 Å². The van der Waals surface area contributed by atoms with E-state index in [0.717, 1.165) is 15.3 Å². The molecule has 0 radical (unpaired) electrons. The van der Waals surface area contributed by atoms with Gasteiger partial charge >= 0.3 is 10.2 Å². The van der Waals surface area contributed by atoms with E-state index >= 15 is 0 Å². The fourth-order valence-electron chi connectivity index (χ4n) is 3.18. The Morgan fingerprint density at radius 1 is 0.969 bits per heavy atom. The molecule has 164 valence electrons. The van der Waals surface area contributed by atoms with Crippen LogP contribution in [0.5, 0.6) is 11.6 Å². The Bertz CT molecular complexity index is 1410. The highest BCUT2D eigenvalue weighted by molar-refractivity contribution is 7.90. The van der Waals surface area contributed by atoms with Crippen LogP contribution in [0.2, 0.25) is 0 Å². The van der Waals surface area contributed by atoms with E-state index in [0.29, 0.717) is 34.0 Å². The summed E-state index contributed by atoms with van der Waals surface area (Å²) < 4.78 is 34.7. The number of benzene rings is 2. The normalized spacial score (nSPS) is 11.6. The number of fused-ring (bicyclic) bond motifs is 1. The highest BCUT2D eigenvalue weighted by Gasteiger charge is 2.18. The number of nitrogens with one attached hydrogen (secondary N) is 1. The molecule has 0 atom stereocenters. The summed E-state index contributed by atoms with van der Waals surface area (Å²) in [6, 6.07) is 14.4. The zero-order valence-electron chi connectivity index (χ0n) is 17.8. The molecule has 4 aromatic rings. The van der Waals surface area contributed by atoms with E-state index in [1.165, 1.54) is 14.1 Å². The molecular weight excluding hydrogens is 428 g/mol. The second-order valence-corrected chi connectivity index (χ2v) is 9.14. The Kier molecular flexibility index (Phi) is 5.64. The van der Waals surface area contributed by atoms with Gasteiger partial charge in [-0.2, -0.15) is 12.7 Å². The van der Waals surface area contributed by atoms with E-state index in [1.807, 2.05) is 31.2 Å². The van der Waals surface area contributed by atoms with Gasteiger partial charge in [-0.1, -0.05) is 24.3 Å². The van der Waals surface area contributed by atoms with Crippen LogP contribution in [-0.4, -0.2) is 41.8 Å². The molecule has 0 spiro atoms. The SMILES string of the molecule is Cc1ccc2c(NS(=O)(=O)N(C)C)cccc2c1Oc1ncccc1-c1ccnc(N)n1. The number of pyridine rings is 1. The van der Waals surface area contributed by atoms with Crippen LogP contribution in [-0.2, 0) is 10.2 Å². The van der Waals surface area contributed by atoms with Crippen molar-refractivity contribution in [2.75, 3.05) is 24.6 Å². The summed E-state index contributed by atoms with van der Waals surface area (Å²) >= 11 is 0. The third-order valence-corrected chi connectivity index (χ3v) is 6.29. The minimum Gasteiger partial charge on any atom is -0.437 e. The van der Waals surface area contributed by atoms with Gasteiger partial charge in [-0.15, -0.1) is 0 Å². The molecule has 32 heavy (non-hydrogen) atoms. The van der Waals surface area contributed by atoms with Crippen molar-refractivity contribution < 1.29 is 13.2 Å². The second kappa shape index (κ2) is 8.40. The van der Waals surface area contributed by atoms with Crippen molar-refractivity contribution in [2.24, 2.45) is 0 Å². The average Bonchev–Trinajstić information content (AvgIpc) is 2.76. The molecule has 0 amide bonds. The molecule has 0 aliphatic rings. The third-order valence-electron chi connectivity index (χ3n) is 4.85. The fourth-order valence-corrected chi connectivity index (χ4v) is 3.82. The first-order valence-electron chi connectivity index (χ1n) is 9.70. The van der Waals surface area contributed by atoms with Gasteiger partial charge in [-0.3, -0.25) is 4.72 Å². The van der Waals surface area contributed by atoms with Gasteiger partial charge in [0.15, 0.2) is 0 Å². The fraction of sp³-hybridized carbons (Fsp3) is 0.136. The zero-order valence-corrected chi connectivity index (χ0v) is 18.6. The molecule has 2 aromatic heterocycles. The standard InChI is InChI=1S/C22H22N6O3S/c1-14-9-10-15-16(6-4-8-19(15)27-32(29,30)28(2)3)20(14)31-21-17(7-5-12-24-21)18-11-13-25-22(23)26-18/h4-13,27H,1-3H3,(H2,23,25,26). The lowest BCUT2D eigenvalue weighted by molar-refractivity contribution is 0.466. The molecule has 0 saturated carbocycles. The van der Waals surface area contributed by atoms with E-state index in [9.17, 15) is 8.42 Å². The predicted octanol–water partition coefficient (Wildman–Crippen LogP) is 3.59. The van der Waals surface area contributed by atoms with Gasteiger partial charge in [-0.25, -0.2) is 15.0 Å². The third kappa shape index (κ3) is 4.18. The molecule has 0 aliphatic carbocycles. The number of nitrogens with zero attached hydrogens (tertiary/aromatic N) is 4. The van der Waals surface area contributed by atoms with E-state index in [2.05, 4.69) is 19.7 Å². The van der Waals surface area contributed by atoms with Crippen molar-refractivity contribution in [3.05, 3.63) is 66.5 Å². The maximum atomic E-state index is 12.4. The maximum absolute atomic E-state index is 12.4.